The Hall–Kier alpha value is -2.28. The van der Waals surface area contributed by atoms with Gasteiger partial charge >= 0.3 is 6.03 Å². The third-order valence-corrected chi connectivity index (χ3v) is 7.09. The Kier molecular flexibility index (Phi) is 8.12. The molecule has 0 atom stereocenters. The number of halogens is 2. The van der Waals surface area contributed by atoms with Crippen molar-refractivity contribution in [3.63, 3.8) is 0 Å². The first-order chi connectivity index (χ1) is 16.0. The lowest BCUT2D eigenvalue weighted by Gasteiger charge is -2.32. The normalized spacial score (nSPS) is 17.6. The fourth-order valence-corrected chi connectivity index (χ4v) is 5.07. The van der Waals surface area contributed by atoms with Crippen LogP contribution in [0.15, 0.2) is 42.5 Å². The zero-order valence-electron chi connectivity index (χ0n) is 18.7. The summed E-state index contributed by atoms with van der Waals surface area (Å²) in [6.45, 7) is 3.80. The molecule has 6 nitrogen and oxygen atoms in total. The van der Waals surface area contributed by atoms with Crippen molar-refractivity contribution >= 4 is 46.5 Å². The number of hydrogen-bond donors (Lipinski definition) is 2. The van der Waals surface area contributed by atoms with Crippen LogP contribution in [0.4, 0.5) is 16.2 Å². The number of carbonyl (C=O) groups is 2. The Labute approximate surface area is 205 Å². The monoisotopic (exact) mass is 488 g/mol. The molecule has 2 heterocycles. The van der Waals surface area contributed by atoms with Gasteiger partial charge in [0, 0.05) is 18.8 Å². The van der Waals surface area contributed by atoms with Gasteiger partial charge in [0.2, 0.25) is 5.91 Å². The van der Waals surface area contributed by atoms with Crippen molar-refractivity contribution in [1.29, 1.82) is 0 Å². The average Bonchev–Trinajstić information content (AvgIpc) is 2.82. The van der Waals surface area contributed by atoms with E-state index in [1.54, 1.807) is 23.1 Å². The van der Waals surface area contributed by atoms with Crippen molar-refractivity contribution < 1.29 is 9.59 Å². The van der Waals surface area contributed by atoms with Gasteiger partial charge in [-0.1, -0.05) is 47.8 Å². The summed E-state index contributed by atoms with van der Waals surface area (Å²) in [5.74, 6) is 0.429. The van der Waals surface area contributed by atoms with Crippen LogP contribution < -0.4 is 10.6 Å². The zero-order chi connectivity index (χ0) is 23.2. The molecule has 0 radical (unpaired) electrons. The molecule has 2 aromatic rings. The van der Waals surface area contributed by atoms with E-state index in [9.17, 15) is 9.59 Å². The molecule has 2 fully saturated rings. The van der Waals surface area contributed by atoms with Crippen LogP contribution in [0.1, 0.15) is 43.6 Å². The highest BCUT2D eigenvalue weighted by Gasteiger charge is 2.25. The molecular formula is C25H30Cl2N4O2. The van der Waals surface area contributed by atoms with Gasteiger partial charge in [0.25, 0.3) is 0 Å². The number of nitrogens with zero attached hydrogens (tertiary/aromatic N) is 2. The molecule has 2 aliphatic heterocycles. The summed E-state index contributed by atoms with van der Waals surface area (Å²) in [5, 5.41) is 6.70. The molecule has 2 saturated heterocycles. The molecule has 0 bridgehead atoms. The van der Waals surface area contributed by atoms with Crippen molar-refractivity contribution in [1.82, 2.24) is 9.80 Å². The highest BCUT2D eigenvalue weighted by Crippen LogP contribution is 2.32. The summed E-state index contributed by atoms with van der Waals surface area (Å²) in [5.41, 5.74) is 2.51. The molecule has 176 valence electrons. The standard InChI is InChI=1S/C25H30Cl2N4O2/c26-21-5-4-6-22(27)24(21)29-25(33)31-15-11-19(12-16-31)18-7-9-20(10-8-18)28-23(32)17-30-13-2-1-3-14-30/h4-10,19H,1-3,11-17H2,(H,28,32)(H,29,33). The largest absolute Gasteiger partial charge is 0.325 e. The van der Waals surface area contributed by atoms with Crippen LogP contribution in [0.5, 0.6) is 0 Å². The van der Waals surface area contributed by atoms with E-state index >= 15 is 0 Å². The topological polar surface area (TPSA) is 64.7 Å². The highest BCUT2D eigenvalue weighted by atomic mass is 35.5. The van der Waals surface area contributed by atoms with E-state index < -0.39 is 0 Å². The van der Waals surface area contributed by atoms with E-state index in [1.807, 2.05) is 12.1 Å². The first-order valence-corrected chi connectivity index (χ1v) is 12.4. The van der Waals surface area contributed by atoms with Gasteiger partial charge in [-0.25, -0.2) is 4.79 Å². The van der Waals surface area contributed by atoms with Gasteiger partial charge in [0.05, 0.1) is 22.3 Å². The third-order valence-electron chi connectivity index (χ3n) is 6.46. The van der Waals surface area contributed by atoms with Gasteiger partial charge in [0.1, 0.15) is 0 Å². The summed E-state index contributed by atoms with van der Waals surface area (Å²) >= 11 is 12.3. The second-order valence-corrected chi connectivity index (χ2v) is 9.61. The number of likely N-dealkylation sites (tertiary alicyclic amines) is 2. The van der Waals surface area contributed by atoms with Gasteiger partial charge < -0.3 is 15.5 Å². The van der Waals surface area contributed by atoms with Crippen LogP contribution in [-0.4, -0.2) is 54.5 Å². The highest BCUT2D eigenvalue weighted by molar-refractivity contribution is 6.39. The lowest BCUT2D eigenvalue weighted by molar-refractivity contribution is -0.117. The SMILES string of the molecule is O=C(CN1CCCCC1)Nc1ccc(C2CCN(C(=O)Nc3c(Cl)cccc3Cl)CC2)cc1. The van der Waals surface area contributed by atoms with Gasteiger partial charge in [-0.2, -0.15) is 0 Å². The summed E-state index contributed by atoms with van der Waals surface area (Å²) in [7, 11) is 0. The van der Waals surface area contributed by atoms with E-state index in [4.69, 9.17) is 23.2 Å². The van der Waals surface area contributed by atoms with Crippen molar-refractivity contribution in [3.8, 4) is 0 Å². The lowest BCUT2D eigenvalue weighted by atomic mass is 9.89. The maximum absolute atomic E-state index is 12.7. The second kappa shape index (κ2) is 11.2. The van der Waals surface area contributed by atoms with Crippen molar-refractivity contribution in [3.05, 3.63) is 58.1 Å². The van der Waals surface area contributed by atoms with Gasteiger partial charge in [-0.05, 0) is 74.5 Å². The van der Waals surface area contributed by atoms with Crippen LogP contribution in [0, 0.1) is 0 Å². The van der Waals surface area contributed by atoms with E-state index in [1.165, 1.54) is 24.8 Å². The number of amides is 3. The number of piperidine rings is 2. The zero-order valence-corrected chi connectivity index (χ0v) is 20.2. The number of hydrogen-bond acceptors (Lipinski definition) is 3. The average molecular weight is 489 g/mol. The molecule has 0 aromatic heterocycles. The smallest absolute Gasteiger partial charge is 0.321 e. The minimum atomic E-state index is -0.185. The molecule has 0 unspecified atom stereocenters. The fourth-order valence-electron chi connectivity index (χ4n) is 4.58. The minimum absolute atomic E-state index is 0.0441. The van der Waals surface area contributed by atoms with Crippen molar-refractivity contribution in [2.45, 2.75) is 38.0 Å². The summed E-state index contributed by atoms with van der Waals surface area (Å²) < 4.78 is 0. The van der Waals surface area contributed by atoms with Gasteiger partial charge in [-0.15, -0.1) is 0 Å². The van der Waals surface area contributed by atoms with E-state index in [0.717, 1.165) is 31.6 Å². The van der Waals surface area contributed by atoms with Gasteiger partial charge in [0.15, 0.2) is 0 Å². The fraction of sp³-hybridized carbons (Fsp3) is 0.440. The Bertz CT molecular complexity index is 949. The van der Waals surface area contributed by atoms with Gasteiger partial charge in [-0.3, -0.25) is 9.69 Å². The number of anilines is 2. The molecular weight excluding hydrogens is 459 g/mol. The lowest BCUT2D eigenvalue weighted by Crippen LogP contribution is -2.40. The molecule has 2 aromatic carbocycles. The number of benzene rings is 2. The van der Waals surface area contributed by atoms with Crippen molar-refractivity contribution in [2.75, 3.05) is 43.4 Å². The number of nitrogens with one attached hydrogen (secondary N) is 2. The molecule has 4 rings (SSSR count). The summed E-state index contributed by atoms with van der Waals surface area (Å²) in [6, 6.07) is 13.1. The van der Waals surface area contributed by atoms with E-state index in [-0.39, 0.29) is 11.9 Å². The second-order valence-electron chi connectivity index (χ2n) is 8.80. The van der Waals surface area contributed by atoms with Crippen LogP contribution >= 0.6 is 23.2 Å². The quantitative estimate of drug-likeness (QED) is 0.556. The molecule has 2 N–H and O–H groups in total. The third kappa shape index (κ3) is 6.40. The molecule has 33 heavy (non-hydrogen) atoms. The molecule has 2 aliphatic rings. The first-order valence-electron chi connectivity index (χ1n) is 11.6. The van der Waals surface area contributed by atoms with E-state index in [2.05, 4.69) is 27.7 Å². The number of urea groups is 1. The maximum atomic E-state index is 12.7. The maximum Gasteiger partial charge on any atom is 0.321 e. The predicted molar refractivity (Wildman–Crippen MR) is 134 cm³/mol. The van der Waals surface area contributed by atoms with Crippen molar-refractivity contribution in [2.24, 2.45) is 0 Å². The summed E-state index contributed by atoms with van der Waals surface area (Å²) in [6.07, 6.45) is 5.37. The minimum Gasteiger partial charge on any atom is -0.325 e. The molecule has 0 aliphatic carbocycles. The molecule has 0 spiro atoms. The van der Waals surface area contributed by atoms with Crippen LogP contribution in [0.3, 0.4) is 0 Å². The Morgan fingerprint density at radius 2 is 1.48 bits per heavy atom. The van der Waals surface area contributed by atoms with Crippen LogP contribution in [0.2, 0.25) is 10.0 Å². The predicted octanol–water partition coefficient (Wildman–Crippen LogP) is 5.83. The Balaban J connectivity index is 1.25. The van der Waals surface area contributed by atoms with Crippen LogP contribution in [0.25, 0.3) is 0 Å². The van der Waals surface area contributed by atoms with Crippen LogP contribution in [-0.2, 0) is 4.79 Å². The van der Waals surface area contributed by atoms with E-state index in [0.29, 0.717) is 41.3 Å². The molecule has 3 amide bonds. The Morgan fingerprint density at radius 3 is 2.12 bits per heavy atom. The first kappa shape index (κ1) is 23.9. The number of para-hydroxylation sites is 1. The molecule has 8 heteroatoms. The number of carbonyl (C=O) groups excluding carboxylic acids is 2. The summed E-state index contributed by atoms with van der Waals surface area (Å²) in [4.78, 5) is 29.0. The molecule has 0 saturated carbocycles. The Morgan fingerprint density at radius 1 is 0.848 bits per heavy atom. The number of rotatable bonds is 5.